The zero-order chi connectivity index (χ0) is 19.8. The summed E-state index contributed by atoms with van der Waals surface area (Å²) in [5.41, 5.74) is 1.48. The monoisotopic (exact) mass is 393 g/mol. The topological polar surface area (TPSA) is 70.5 Å². The Hall–Kier alpha value is -3.39. The maximum atomic E-state index is 12.6. The van der Waals surface area contributed by atoms with Gasteiger partial charge in [0.1, 0.15) is 12.4 Å². The summed E-state index contributed by atoms with van der Waals surface area (Å²) >= 11 is 1.51. The molecular weight excluding hydrogens is 374 g/mol. The van der Waals surface area contributed by atoms with Crippen molar-refractivity contribution in [2.45, 2.75) is 6.54 Å². The number of rotatable bonds is 4. The quantitative estimate of drug-likeness (QED) is 0.739. The second-order valence-electron chi connectivity index (χ2n) is 6.46. The number of hydrogen-bond acceptors (Lipinski definition) is 5. The minimum atomic E-state index is -0.231. The van der Waals surface area contributed by atoms with Crippen LogP contribution in [0, 0.1) is 0 Å². The van der Waals surface area contributed by atoms with Crippen molar-refractivity contribution in [1.29, 1.82) is 0 Å². The third-order valence-electron chi connectivity index (χ3n) is 4.66. The van der Waals surface area contributed by atoms with Crippen LogP contribution in [0.5, 0.6) is 0 Å². The maximum absolute atomic E-state index is 12.6. The molecule has 1 aliphatic heterocycles. The Bertz CT molecular complexity index is 1070. The number of hydrogen-bond donors (Lipinski definition) is 1. The summed E-state index contributed by atoms with van der Waals surface area (Å²) in [5.74, 6) is 0.595. The Labute approximate surface area is 166 Å². The molecule has 1 N–H and O–H groups in total. The van der Waals surface area contributed by atoms with Crippen LogP contribution in [0.2, 0.25) is 0 Å². The normalized spacial score (nSPS) is 13.6. The van der Waals surface area contributed by atoms with E-state index in [9.17, 15) is 9.59 Å². The fraction of sp³-hybridized carbons (Fsp3) is 0.150. The van der Waals surface area contributed by atoms with Crippen LogP contribution in [0.25, 0.3) is 10.4 Å². The largest absolute Gasteiger partial charge is 0.316 e. The molecule has 142 valence electrons. The highest BCUT2D eigenvalue weighted by molar-refractivity contribution is 7.19. The Balaban J connectivity index is 1.50. The molecule has 3 heterocycles. The molecule has 4 rings (SSSR count). The molecule has 0 unspecified atom stereocenters. The smallest absolute Gasteiger partial charge is 0.279 e. The van der Waals surface area contributed by atoms with Gasteiger partial charge in [0.05, 0.1) is 11.3 Å². The number of benzene rings is 1. The average Bonchev–Trinajstić information content (AvgIpc) is 3.33. The molecule has 0 spiro atoms. The van der Waals surface area contributed by atoms with Crippen molar-refractivity contribution < 1.29 is 9.59 Å². The number of amides is 2. The SMILES string of the molecule is C=C1N(C)C(=O)c2c(ncn2CC(=O)Nc2ccc(-c3ccccc3)s2)N1C. The van der Waals surface area contributed by atoms with Crippen molar-refractivity contribution in [3.63, 3.8) is 0 Å². The molecular formula is C20H19N5O2S. The highest BCUT2D eigenvalue weighted by Crippen LogP contribution is 2.32. The Morgan fingerprint density at radius 3 is 2.64 bits per heavy atom. The first-order valence-electron chi connectivity index (χ1n) is 8.66. The van der Waals surface area contributed by atoms with E-state index >= 15 is 0 Å². The zero-order valence-electron chi connectivity index (χ0n) is 15.5. The van der Waals surface area contributed by atoms with E-state index in [1.54, 1.807) is 23.6 Å². The highest BCUT2D eigenvalue weighted by Gasteiger charge is 2.33. The highest BCUT2D eigenvalue weighted by atomic mass is 32.1. The predicted octanol–water partition coefficient (Wildman–Crippen LogP) is 3.24. The van der Waals surface area contributed by atoms with Gasteiger partial charge in [-0.1, -0.05) is 36.9 Å². The molecule has 2 aromatic heterocycles. The lowest BCUT2D eigenvalue weighted by atomic mass is 10.2. The summed E-state index contributed by atoms with van der Waals surface area (Å²) in [6.07, 6.45) is 1.51. The van der Waals surface area contributed by atoms with Crippen molar-refractivity contribution >= 4 is 34.0 Å². The van der Waals surface area contributed by atoms with Crippen molar-refractivity contribution in [3.05, 3.63) is 66.9 Å². The minimum Gasteiger partial charge on any atom is -0.316 e. The molecule has 8 heteroatoms. The Morgan fingerprint density at radius 1 is 1.14 bits per heavy atom. The van der Waals surface area contributed by atoms with Crippen molar-refractivity contribution in [2.75, 3.05) is 24.3 Å². The van der Waals surface area contributed by atoms with Crippen molar-refractivity contribution in [3.8, 4) is 10.4 Å². The molecule has 3 aromatic rings. The molecule has 2 amide bonds. The third-order valence-corrected chi connectivity index (χ3v) is 5.71. The summed E-state index contributed by atoms with van der Waals surface area (Å²) in [7, 11) is 3.44. The molecule has 0 saturated heterocycles. The summed E-state index contributed by atoms with van der Waals surface area (Å²) in [5, 5.41) is 3.65. The van der Waals surface area contributed by atoms with E-state index in [-0.39, 0.29) is 18.4 Å². The lowest BCUT2D eigenvalue weighted by molar-refractivity contribution is -0.116. The van der Waals surface area contributed by atoms with E-state index < -0.39 is 0 Å². The lowest BCUT2D eigenvalue weighted by Crippen LogP contribution is -2.41. The molecule has 0 saturated carbocycles. The van der Waals surface area contributed by atoms with Gasteiger partial charge < -0.3 is 14.8 Å². The van der Waals surface area contributed by atoms with Crippen molar-refractivity contribution in [1.82, 2.24) is 14.5 Å². The second kappa shape index (κ2) is 6.97. The van der Waals surface area contributed by atoms with Crippen LogP contribution in [-0.4, -0.2) is 40.4 Å². The van der Waals surface area contributed by atoms with E-state index in [4.69, 9.17) is 0 Å². The third kappa shape index (κ3) is 3.07. The van der Waals surface area contributed by atoms with Gasteiger partial charge in [-0.05, 0) is 17.7 Å². The van der Waals surface area contributed by atoms with Crippen LogP contribution in [0.15, 0.2) is 61.2 Å². The number of thiophene rings is 1. The van der Waals surface area contributed by atoms with Crippen LogP contribution < -0.4 is 10.2 Å². The first-order chi connectivity index (χ1) is 13.5. The maximum Gasteiger partial charge on any atom is 0.279 e. The fourth-order valence-electron chi connectivity index (χ4n) is 3.07. The van der Waals surface area contributed by atoms with E-state index in [0.717, 1.165) is 15.4 Å². The molecule has 7 nitrogen and oxygen atoms in total. The first-order valence-corrected chi connectivity index (χ1v) is 9.48. The van der Waals surface area contributed by atoms with Gasteiger partial charge in [-0.3, -0.25) is 14.5 Å². The summed E-state index contributed by atoms with van der Waals surface area (Å²) in [4.78, 5) is 33.7. The molecule has 0 radical (unpaired) electrons. The molecule has 0 aliphatic carbocycles. The summed E-state index contributed by atoms with van der Waals surface area (Å²) < 4.78 is 1.57. The van der Waals surface area contributed by atoms with Gasteiger partial charge in [0.15, 0.2) is 11.5 Å². The number of carbonyl (C=O) groups excluding carboxylic acids is 2. The Kier molecular flexibility index (Phi) is 4.48. The van der Waals surface area contributed by atoms with Gasteiger partial charge in [-0.25, -0.2) is 4.98 Å². The van der Waals surface area contributed by atoms with Crippen LogP contribution in [0.3, 0.4) is 0 Å². The standard InChI is InChI=1S/C20H19N5O2S/c1-13-23(2)19-18(20(27)24(13)3)25(12-21-19)11-16(26)22-17-10-9-15(28-17)14-7-5-4-6-8-14/h4-10,12H,1,11H2,2-3H3,(H,22,26). The van der Waals surface area contributed by atoms with Gasteiger partial charge in [0, 0.05) is 19.0 Å². The average molecular weight is 393 g/mol. The number of imidazole rings is 1. The van der Waals surface area contributed by atoms with Crippen molar-refractivity contribution in [2.24, 2.45) is 0 Å². The molecule has 28 heavy (non-hydrogen) atoms. The molecule has 1 aromatic carbocycles. The number of nitrogens with one attached hydrogen (secondary N) is 1. The molecule has 1 aliphatic rings. The van der Waals surface area contributed by atoms with Crippen LogP contribution in [0.4, 0.5) is 10.8 Å². The van der Waals surface area contributed by atoms with E-state index in [1.807, 2.05) is 42.5 Å². The van der Waals surface area contributed by atoms with Crippen LogP contribution >= 0.6 is 11.3 Å². The summed E-state index contributed by atoms with van der Waals surface area (Å²) in [6.45, 7) is 3.88. The molecule has 0 atom stereocenters. The van der Waals surface area contributed by atoms with Crippen LogP contribution in [-0.2, 0) is 11.3 Å². The number of nitrogens with zero attached hydrogens (tertiary/aromatic N) is 4. The first kappa shape index (κ1) is 18.0. The predicted molar refractivity (Wildman–Crippen MR) is 110 cm³/mol. The second-order valence-corrected chi connectivity index (χ2v) is 7.55. The fourth-order valence-corrected chi connectivity index (χ4v) is 4.00. The van der Waals surface area contributed by atoms with Gasteiger partial charge in [0.25, 0.3) is 5.91 Å². The Morgan fingerprint density at radius 2 is 1.89 bits per heavy atom. The van der Waals surface area contributed by atoms with Gasteiger partial charge in [0.2, 0.25) is 5.91 Å². The van der Waals surface area contributed by atoms with Crippen LogP contribution in [0.1, 0.15) is 10.5 Å². The lowest BCUT2D eigenvalue weighted by Gasteiger charge is -2.32. The number of aromatic nitrogens is 2. The minimum absolute atomic E-state index is 0.000793. The van der Waals surface area contributed by atoms with E-state index in [2.05, 4.69) is 16.9 Å². The van der Waals surface area contributed by atoms with E-state index in [1.165, 1.54) is 22.6 Å². The van der Waals surface area contributed by atoms with Gasteiger partial charge in [-0.15, -0.1) is 11.3 Å². The number of anilines is 2. The number of fused-ring (bicyclic) bond motifs is 1. The summed E-state index contributed by atoms with van der Waals surface area (Å²) in [6, 6.07) is 13.9. The molecule has 0 bridgehead atoms. The number of carbonyl (C=O) groups is 2. The molecule has 0 fully saturated rings. The van der Waals surface area contributed by atoms with Gasteiger partial charge in [-0.2, -0.15) is 0 Å². The van der Waals surface area contributed by atoms with E-state index in [0.29, 0.717) is 17.3 Å². The van der Waals surface area contributed by atoms with Gasteiger partial charge >= 0.3 is 0 Å². The zero-order valence-corrected chi connectivity index (χ0v) is 16.4.